The van der Waals surface area contributed by atoms with Crippen molar-refractivity contribution in [1.82, 2.24) is 9.88 Å². The Morgan fingerprint density at radius 3 is 2.71 bits per heavy atom. The van der Waals surface area contributed by atoms with Crippen molar-refractivity contribution in [2.45, 2.75) is 38.0 Å². The quantitative estimate of drug-likeness (QED) is 0.851. The van der Waals surface area contributed by atoms with E-state index in [1.807, 2.05) is 53.6 Å². The molecule has 1 amide bonds. The van der Waals surface area contributed by atoms with Gasteiger partial charge in [0.2, 0.25) is 6.10 Å². The van der Waals surface area contributed by atoms with Crippen LogP contribution < -0.4 is 0 Å². The first-order valence-corrected chi connectivity index (χ1v) is 8.29. The maximum Gasteiger partial charge on any atom is 0.267 e. The summed E-state index contributed by atoms with van der Waals surface area (Å²) in [5, 5.41) is 4.13. The van der Waals surface area contributed by atoms with E-state index in [2.05, 4.69) is 10.1 Å². The molecule has 0 spiro atoms. The van der Waals surface area contributed by atoms with Gasteiger partial charge in [0.05, 0.1) is 5.71 Å². The topological polar surface area (TPSA) is 54.8 Å². The predicted octanol–water partition coefficient (Wildman–Crippen LogP) is 2.77. The van der Waals surface area contributed by atoms with Gasteiger partial charge in [0.15, 0.2) is 0 Å². The maximum atomic E-state index is 12.9. The third-order valence-corrected chi connectivity index (χ3v) is 4.40. The standard InChI is InChI=1S/C19H19N3O2/c23-19(18-11-17(21-24-18)15-6-2-1-3-7-15)22(16-8-9-16)13-14-5-4-10-20-12-14/h1-7,10,12,16,18H,8-9,11,13H2/t18-/m1/s1. The highest BCUT2D eigenvalue weighted by Crippen LogP contribution is 2.30. The van der Waals surface area contributed by atoms with E-state index in [-0.39, 0.29) is 5.91 Å². The molecule has 0 saturated heterocycles. The molecule has 4 rings (SSSR count). The highest BCUT2D eigenvalue weighted by molar-refractivity contribution is 6.04. The highest BCUT2D eigenvalue weighted by Gasteiger charge is 2.39. The predicted molar refractivity (Wildman–Crippen MR) is 90.3 cm³/mol. The number of hydrogen-bond donors (Lipinski definition) is 0. The van der Waals surface area contributed by atoms with E-state index in [1.54, 1.807) is 6.20 Å². The second-order valence-corrected chi connectivity index (χ2v) is 6.26. The Morgan fingerprint density at radius 1 is 1.17 bits per heavy atom. The van der Waals surface area contributed by atoms with Gasteiger partial charge in [0.1, 0.15) is 0 Å². The lowest BCUT2D eigenvalue weighted by molar-refractivity contribution is -0.143. The van der Waals surface area contributed by atoms with Crippen LogP contribution in [-0.4, -0.2) is 33.6 Å². The van der Waals surface area contributed by atoms with Gasteiger partial charge in [-0.1, -0.05) is 41.6 Å². The monoisotopic (exact) mass is 321 g/mol. The molecule has 1 aromatic carbocycles. The fraction of sp³-hybridized carbons (Fsp3) is 0.316. The third-order valence-electron chi connectivity index (χ3n) is 4.40. The van der Waals surface area contributed by atoms with Crippen molar-refractivity contribution < 1.29 is 9.63 Å². The average Bonchev–Trinajstić information content (AvgIpc) is 3.36. The van der Waals surface area contributed by atoms with E-state index in [0.29, 0.717) is 19.0 Å². The Morgan fingerprint density at radius 2 is 2.00 bits per heavy atom. The van der Waals surface area contributed by atoms with E-state index in [0.717, 1.165) is 29.7 Å². The van der Waals surface area contributed by atoms with Crippen LogP contribution in [-0.2, 0) is 16.2 Å². The minimum absolute atomic E-state index is 0.0241. The number of oxime groups is 1. The molecule has 5 nitrogen and oxygen atoms in total. The number of aromatic nitrogens is 1. The molecule has 5 heteroatoms. The summed E-state index contributed by atoms with van der Waals surface area (Å²) >= 11 is 0. The van der Waals surface area contributed by atoms with Crippen LogP contribution in [0.4, 0.5) is 0 Å². The number of carbonyl (C=O) groups is 1. The molecule has 24 heavy (non-hydrogen) atoms. The van der Waals surface area contributed by atoms with E-state index >= 15 is 0 Å². The zero-order valence-corrected chi connectivity index (χ0v) is 13.3. The Hall–Kier alpha value is -2.69. The molecule has 1 aromatic heterocycles. The Bertz CT molecular complexity index is 742. The number of carbonyl (C=O) groups excluding carboxylic acids is 1. The first-order chi connectivity index (χ1) is 11.8. The van der Waals surface area contributed by atoms with Gasteiger partial charge in [-0.2, -0.15) is 0 Å². The molecular formula is C19H19N3O2. The van der Waals surface area contributed by atoms with Gasteiger partial charge in [-0.3, -0.25) is 9.78 Å². The molecule has 0 radical (unpaired) electrons. The fourth-order valence-corrected chi connectivity index (χ4v) is 2.96. The molecule has 2 aliphatic rings. The van der Waals surface area contributed by atoms with Crippen molar-refractivity contribution in [3.8, 4) is 0 Å². The average molecular weight is 321 g/mol. The molecule has 1 atom stereocenters. The van der Waals surface area contributed by atoms with E-state index in [9.17, 15) is 4.79 Å². The van der Waals surface area contributed by atoms with Gasteiger partial charge >= 0.3 is 0 Å². The van der Waals surface area contributed by atoms with Crippen LogP contribution in [0.3, 0.4) is 0 Å². The molecule has 2 aromatic rings. The fourth-order valence-electron chi connectivity index (χ4n) is 2.96. The number of pyridine rings is 1. The van der Waals surface area contributed by atoms with Crippen molar-refractivity contribution in [2.75, 3.05) is 0 Å². The minimum Gasteiger partial charge on any atom is -0.382 e. The molecule has 122 valence electrons. The third kappa shape index (κ3) is 3.15. The van der Waals surface area contributed by atoms with Crippen LogP contribution in [0.15, 0.2) is 60.0 Å². The van der Waals surface area contributed by atoms with Gasteiger partial charge in [0, 0.05) is 31.4 Å². The van der Waals surface area contributed by atoms with E-state index < -0.39 is 6.10 Å². The van der Waals surface area contributed by atoms with Crippen LogP contribution >= 0.6 is 0 Å². The molecule has 2 heterocycles. The molecule has 1 aliphatic heterocycles. The first-order valence-electron chi connectivity index (χ1n) is 8.29. The van der Waals surface area contributed by atoms with Gasteiger partial charge in [0.25, 0.3) is 5.91 Å². The SMILES string of the molecule is O=C([C@H]1CC(c2ccccc2)=NO1)N(Cc1cccnc1)C1CC1. The van der Waals surface area contributed by atoms with Crippen LogP contribution in [0.2, 0.25) is 0 Å². The Balaban J connectivity index is 1.45. The lowest BCUT2D eigenvalue weighted by atomic mass is 10.0. The molecular weight excluding hydrogens is 302 g/mol. The molecule has 1 fully saturated rings. The number of hydrogen-bond acceptors (Lipinski definition) is 4. The van der Waals surface area contributed by atoms with Crippen molar-refractivity contribution >= 4 is 11.6 Å². The van der Waals surface area contributed by atoms with E-state index in [1.165, 1.54) is 0 Å². The van der Waals surface area contributed by atoms with Gasteiger partial charge in [-0.25, -0.2) is 0 Å². The van der Waals surface area contributed by atoms with Crippen molar-refractivity contribution in [3.05, 3.63) is 66.0 Å². The van der Waals surface area contributed by atoms with Crippen LogP contribution in [0.25, 0.3) is 0 Å². The van der Waals surface area contributed by atoms with Gasteiger partial charge in [-0.05, 0) is 30.0 Å². The number of nitrogens with zero attached hydrogens (tertiary/aromatic N) is 3. The first kappa shape index (κ1) is 14.9. The number of rotatable bonds is 5. The second-order valence-electron chi connectivity index (χ2n) is 6.26. The lowest BCUT2D eigenvalue weighted by Gasteiger charge is -2.24. The molecule has 0 bridgehead atoms. The van der Waals surface area contributed by atoms with Gasteiger partial charge < -0.3 is 9.74 Å². The normalized spacial score (nSPS) is 19.5. The van der Waals surface area contributed by atoms with Gasteiger partial charge in [-0.15, -0.1) is 0 Å². The van der Waals surface area contributed by atoms with Crippen molar-refractivity contribution in [1.29, 1.82) is 0 Å². The lowest BCUT2D eigenvalue weighted by Crippen LogP contribution is -2.40. The molecule has 1 saturated carbocycles. The van der Waals surface area contributed by atoms with Crippen LogP contribution in [0.5, 0.6) is 0 Å². The Kier molecular flexibility index (Phi) is 3.99. The van der Waals surface area contributed by atoms with Crippen molar-refractivity contribution in [2.24, 2.45) is 5.16 Å². The van der Waals surface area contributed by atoms with Crippen LogP contribution in [0.1, 0.15) is 30.4 Å². The summed E-state index contributed by atoms with van der Waals surface area (Å²) in [5.74, 6) is 0.0241. The molecule has 0 N–H and O–H groups in total. The number of benzene rings is 1. The summed E-state index contributed by atoms with van der Waals surface area (Å²) < 4.78 is 0. The summed E-state index contributed by atoms with van der Waals surface area (Å²) in [6, 6.07) is 14.1. The van der Waals surface area contributed by atoms with Crippen molar-refractivity contribution in [3.63, 3.8) is 0 Å². The number of amides is 1. The molecule has 1 aliphatic carbocycles. The summed E-state index contributed by atoms with van der Waals surface area (Å²) in [7, 11) is 0. The minimum atomic E-state index is -0.516. The maximum absolute atomic E-state index is 12.9. The van der Waals surface area contributed by atoms with Crippen LogP contribution in [0, 0.1) is 0 Å². The Labute approximate surface area is 141 Å². The summed E-state index contributed by atoms with van der Waals surface area (Å²) in [4.78, 5) is 24.4. The smallest absolute Gasteiger partial charge is 0.267 e. The molecule has 0 unspecified atom stereocenters. The summed E-state index contributed by atoms with van der Waals surface area (Å²) in [6.07, 6.45) is 5.68. The summed E-state index contributed by atoms with van der Waals surface area (Å²) in [5.41, 5.74) is 2.89. The zero-order chi connectivity index (χ0) is 16.4. The van der Waals surface area contributed by atoms with E-state index in [4.69, 9.17) is 4.84 Å². The second kappa shape index (κ2) is 6.43. The largest absolute Gasteiger partial charge is 0.382 e. The highest BCUT2D eigenvalue weighted by atomic mass is 16.6. The summed E-state index contributed by atoms with van der Waals surface area (Å²) in [6.45, 7) is 0.581. The zero-order valence-electron chi connectivity index (χ0n) is 13.3.